The number of aliphatic hydroxyl groups is 1. The summed E-state index contributed by atoms with van der Waals surface area (Å²) in [6, 6.07) is 0.199. The van der Waals surface area contributed by atoms with Crippen LogP contribution in [0.1, 0.15) is 0 Å². The monoisotopic (exact) mass is 198 g/mol. The van der Waals surface area contributed by atoms with Crippen molar-refractivity contribution < 1.29 is 19.3 Å². The second-order valence-corrected chi connectivity index (χ2v) is 2.18. The maximum absolute atomic E-state index is 8.34. The molecule has 0 spiro atoms. The largest absolute Gasteiger partial charge is 0.394 e. The van der Waals surface area contributed by atoms with Gasteiger partial charge in [-0.3, -0.25) is 0 Å². The summed E-state index contributed by atoms with van der Waals surface area (Å²) in [4.78, 5) is 0. The first-order chi connectivity index (χ1) is 5.91. The molecule has 0 aromatic heterocycles. The molecule has 0 aromatic carbocycles. The standard InChI is InChI=1S/C7H15ClO4/c8-7-12-6-5-11-4-3-10-2-1-9/h9H,1-7H2. The quantitative estimate of drug-likeness (QED) is 0.426. The van der Waals surface area contributed by atoms with Gasteiger partial charge in [-0.05, 0) is 0 Å². The molecular formula is C7H15ClO4. The van der Waals surface area contributed by atoms with Crippen LogP contribution in [0, 0.1) is 0 Å². The average Bonchev–Trinajstić information content (AvgIpc) is 2.10. The Morgan fingerprint density at radius 1 is 0.833 bits per heavy atom. The molecule has 0 bridgehead atoms. The van der Waals surface area contributed by atoms with E-state index in [1.807, 2.05) is 0 Å². The summed E-state index contributed by atoms with van der Waals surface area (Å²) in [6.45, 7) is 2.46. The fourth-order valence-corrected chi connectivity index (χ4v) is 0.668. The molecule has 0 radical (unpaired) electrons. The fourth-order valence-electron chi connectivity index (χ4n) is 0.559. The van der Waals surface area contributed by atoms with Gasteiger partial charge in [0.15, 0.2) is 0 Å². The summed E-state index contributed by atoms with van der Waals surface area (Å²) >= 11 is 5.25. The molecule has 0 aromatic rings. The van der Waals surface area contributed by atoms with Crippen LogP contribution in [0.15, 0.2) is 0 Å². The van der Waals surface area contributed by atoms with Gasteiger partial charge in [-0.25, -0.2) is 0 Å². The van der Waals surface area contributed by atoms with Crippen molar-refractivity contribution in [3.05, 3.63) is 0 Å². The number of alkyl halides is 1. The molecule has 12 heavy (non-hydrogen) atoms. The third kappa shape index (κ3) is 10.1. The van der Waals surface area contributed by atoms with Gasteiger partial charge in [0.05, 0.1) is 39.6 Å². The smallest absolute Gasteiger partial charge is 0.120 e. The maximum Gasteiger partial charge on any atom is 0.120 e. The van der Waals surface area contributed by atoms with Gasteiger partial charge in [-0.1, -0.05) is 11.6 Å². The van der Waals surface area contributed by atoms with Crippen LogP contribution >= 0.6 is 11.6 Å². The van der Waals surface area contributed by atoms with Gasteiger partial charge in [0.1, 0.15) is 6.07 Å². The molecule has 0 saturated heterocycles. The number of aliphatic hydroxyl groups excluding tert-OH is 1. The van der Waals surface area contributed by atoms with Crippen LogP contribution in [0.3, 0.4) is 0 Å². The Balaban J connectivity index is 2.73. The van der Waals surface area contributed by atoms with E-state index < -0.39 is 0 Å². The van der Waals surface area contributed by atoms with Crippen molar-refractivity contribution >= 4 is 11.6 Å². The van der Waals surface area contributed by atoms with Crippen molar-refractivity contribution in [2.45, 2.75) is 0 Å². The van der Waals surface area contributed by atoms with Crippen LogP contribution in [0.25, 0.3) is 0 Å². The summed E-state index contributed by atoms with van der Waals surface area (Å²) in [5.41, 5.74) is 0. The van der Waals surface area contributed by atoms with Crippen molar-refractivity contribution in [2.24, 2.45) is 0 Å². The molecule has 0 unspecified atom stereocenters. The minimum atomic E-state index is 0.0510. The molecule has 0 fully saturated rings. The zero-order valence-electron chi connectivity index (χ0n) is 7.00. The highest BCUT2D eigenvalue weighted by molar-refractivity contribution is 6.17. The maximum atomic E-state index is 8.34. The predicted molar refractivity (Wildman–Crippen MR) is 45.4 cm³/mol. The topological polar surface area (TPSA) is 47.9 Å². The third-order valence-electron chi connectivity index (χ3n) is 1.06. The molecule has 5 heteroatoms. The molecule has 0 rings (SSSR count). The Morgan fingerprint density at radius 3 is 1.83 bits per heavy atom. The van der Waals surface area contributed by atoms with Crippen LogP contribution in [0.5, 0.6) is 0 Å². The second kappa shape index (κ2) is 11.1. The zero-order chi connectivity index (χ0) is 9.07. The first kappa shape index (κ1) is 12.1. The van der Waals surface area contributed by atoms with Crippen LogP contribution in [-0.2, 0) is 14.2 Å². The van der Waals surface area contributed by atoms with Gasteiger partial charge >= 0.3 is 0 Å². The van der Waals surface area contributed by atoms with E-state index in [-0.39, 0.29) is 12.7 Å². The Labute approximate surface area is 77.4 Å². The lowest BCUT2D eigenvalue weighted by Crippen LogP contribution is -2.10. The molecule has 0 aliphatic carbocycles. The Kier molecular flexibility index (Phi) is 11.3. The number of halogens is 1. The van der Waals surface area contributed by atoms with Gasteiger partial charge in [0.25, 0.3) is 0 Å². The number of ether oxygens (including phenoxy) is 3. The van der Waals surface area contributed by atoms with Gasteiger partial charge in [0, 0.05) is 0 Å². The molecule has 0 aliphatic heterocycles. The summed E-state index contributed by atoms with van der Waals surface area (Å²) in [6.07, 6.45) is 0. The predicted octanol–water partition coefficient (Wildman–Crippen LogP) is 0.225. The van der Waals surface area contributed by atoms with E-state index >= 15 is 0 Å². The number of hydrogen-bond donors (Lipinski definition) is 1. The lowest BCUT2D eigenvalue weighted by atomic mass is 10.7. The zero-order valence-corrected chi connectivity index (χ0v) is 7.76. The van der Waals surface area contributed by atoms with Crippen molar-refractivity contribution in [3.63, 3.8) is 0 Å². The van der Waals surface area contributed by atoms with E-state index in [1.165, 1.54) is 0 Å². The molecule has 0 aliphatic rings. The van der Waals surface area contributed by atoms with Crippen molar-refractivity contribution in [3.8, 4) is 0 Å². The summed E-state index contributed by atoms with van der Waals surface area (Å²) in [5, 5.41) is 8.34. The number of rotatable bonds is 9. The lowest BCUT2D eigenvalue weighted by molar-refractivity contribution is 0.0137. The first-order valence-corrected chi connectivity index (χ1v) is 4.35. The SMILES string of the molecule is OCCOCCOCCOCCl. The van der Waals surface area contributed by atoms with Gasteiger partial charge in [-0.15, -0.1) is 0 Å². The summed E-state index contributed by atoms with van der Waals surface area (Å²) in [7, 11) is 0. The highest BCUT2D eigenvalue weighted by Gasteiger charge is 1.89. The number of hydrogen-bond acceptors (Lipinski definition) is 4. The first-order valence-electron chi connectivity index (χ1n) is 3.82. The van der Waals surface area contributed by atoms with Crippen LogP contribution in [0.4, 0.5) is 0 Å². The Morgan fingerprint density at radius 2 is 1.33 bits per heavy atom. The van der Waals surface area contributed by atoms with E-state index in [9.17, 15) is 0 Å². The van der Waals surface area contributed by atoms with Crippen molar-refractivity contribution in [1.29, 1.82) is 0 Å². The second-order valence-electron chi connectivity index (χ2n) is 1.97. The summed E-state index contributed by atoms with van der Waals surface area (Å²) in [5.74, 6) is 0. The molecule has 4 nitrogen and oxygen atoms in total. The van der Waals surface area contributed by atoms with Crippen LogP contribution < -0.4 is 0 Å². The minimum absolute atomic E-state index is 0.0510. The van der Waals surface area contributed by atoms with E-state index in [0.29, 0.717) is 33.0 Å². The molecule has 0 saturated carbocycles. The van der Waals surface area contributed by atoms with Crippen LogP contribution in [0.2, 0.25) is 0 Å². The van der Waals surface area contributed by atoms with Gasteiger partial charge in [-0.2, -0.15) is 0 Å². The van der Waals surface area contributed by atoms with Crippen molar-refractivity contribution in [1.82, 2.24) is 0 Å². The van der Waals surface area contributed by atoms with E-state index in [2.05, 4.69) is 0 Å². The Hall–Kier alpha value is 0.130. The lowest BCUT2D eigenvalue weighted by Gasteiger charge is -2.03. The molecule has 1 N–H and O–H groups in total. The van der Waals surface area contributed by atoms with E-state index in [1.54, 1.807) is 0 Å². The molecule has 0 atom stereocenters. The van der Waals surface area contributed by atoms with Gasteiger partial charge in [0.2, 0.25) is 0 Å². The molecular weight excluding hydrogens is 184 g/mol. The van der Waals surface area contributed by atoms with E-state index in [0.717, 1.165) is 0 Å². The molecule has 74 valence electrons. The van der Waals surface area contributed by atoms with Crippen molar-refractivity contribution in [2.75, 3.05) is 45.7 Å². The normalized spacial score (nSPS) is 10.5. The van der Waals surface area contributed by atoms with Crippen LogP contribution in [-0.4, -0.2) is 50.8 Å². The van der Waals surface area contributed by atoms with E-state index in [4.69, 9.17) is 30.9 Å². The van der Waals surface area contributed by atoms with Gasteiger partial charge < -0.3 is 19.3 Å². The minimum Gasteiger partial charge on any atom is -0.394 e. The highest BCUT2D eigenvalue weighted by atomic mass is 35.5. The molecule has 0 amide bonds. The third-order valence-corrected chi connectivity index (χ3v) is 1.21. The molecule has 0 heterocycles. The fraction of sp³-hybridized carbons (Fsp3) is 1.00. The summed E-state index contributed by atoms with van der Waals surface area (Å²) < 4.78 is 14.9. The average molecular weight is 199 g/mol. The Bertz CT molecular complexity index is 71.8. The highest BCUT2D eigenvalue weighted by Crippen LogP contribution is 1.82.